The second kappa shape index (κ2) is 8.91. The van der Waals surface area contributed by atoms with Crippen LogP contribution >= 0.6 is 11.6 Å². The molecule has 1 atom stereocenters. The van der Waals surface area contributed by atoms with Crippen LogP contribution in [0.1, 0.15) is 47.1 Å². The minimum absolute atomic E-state index is 0.0595. The summed E-state index contributed by atoms with van der Waals surface area (Å²) in [6.07, 6.45) is 0.685. The molecule has 4 rings (SSSR count). The molecule has 9 nitrogen and oxygen atoms in total. The van der Waals surface area contributed by atoms with Crippen molar-refractivity contribution < 1.29 is 14.3 Å². The van der Waals surface area contributed by atoms with E-state index in [1.807, 2.05) is 39.0 Å². The Morgan fingerprint density at radius 3 is 2.72 bits per heavy atom. The van der Waals surface area contributed by atoms with Crippen molar-refractivity contribution in [2.45, 2.75) is 45.3 Å². The zero-order chi connectivity index (χ0) is 22.9. The zero-order valence-electron chi connectivity index (χ0n) is 18.4. The van der Waals surface area contributed by atoms with Gasteiger partial charge in [0.1, 0.15) is 11.4 Å². The van der Waals surface area contributed by atoms with E-state index in [9.17, 15) is 9.59 Å². The van der Waals surface area contributed by atoms with Gasteiger partial charge in [0.05, 0.1) is 0 Å². The van der Waals surface area contributed by atoms with Gasteiger partial charge in [-0.1, -0.05) is 17.7 Å². The standard InChI is InChI=1S/C22H27ClN6O3/c1-13-10-16(23)4-5-17(13)19-22(32-21(31)28-27-19)6-8-29(9-7-22)12-15(3)24-20(30)18-11-14(2)25-26-18/h4-5,10-11,15H,6-9,12H2,1-3H3,(H,24,30)(H,25,26)(H,28,31)/t15-/m0/s1. The number of carbonyl (C=O) groups excluding carboxylic acids is 2. The van der Waals surface area contributed by atoms with Crippen LogP contribution in [0.2, 0.25) is 5.02 Å². The van der Waals surface area contributed by atoms with E-state index in [2.05, 4.69) is 30.9 Å². The van der Waals surface area contributed by atoms with Gasteiger partial charge in [0.15, 0.2) is 5.60 Å². The largest absolute Gasteiger partial charge is 0.435 e. The van der Waals surface area contributed by atoms with Crippen molar-refractivity contribution in [2.75, 3.05) is 19.6 Å². The van der Waals surface area contributed by atoms with Gasteiger partial charge in [0.25, 0.3) is 5.91 Å². The Kier molecular flexibility index (Phi) is 6.21. The lowest BCUT2D eigenvalue weighted by Gasteiger charge is -2.43. The summed E-state index contributed by atoms with van der Waals surface area (Å²) in [5.74, 6) is -0.199. The molecule has 1 aromatic heterocycles. The first-order valence-corrected chi connectivity index (χ1v) is 11.0. The number of nitrogens with one attached hydrogen (secondary N) is 3. The Bertz CT molecular complexity index is 1060. The van der Waals surface area contributed by atoms with Crippen LogP contribution in [0.4, 0.5) is 4.79 Å². The number of hydrogen-bond donors (Lipinski definition) is 3. The Balaban J connectivity index is 1.41. The topological polar surface area (TPSA) is 112 Å². The number of aromatic amines is 1. The van der Waals surface area contributed by atoms with Gasteiger partial charge in [-0.25, -0.2) is 10.2 Å². The van der Waals surface area contributed by atoms with E-state index in [0.29, 0.717) is 43.2 Å². The molecule has 2 aliphatic heterocycles. The van der Waals surface area contributed by atoms with Gasteiger partial charge in [-0.2, -0.15) is 10.2 Å². The number of ether oxygens (including phenoxy) is 1. The van der Waals surface area contributed by atoms with Crippen molar-refractivity contribution in [3.8, 4) is 0 Å². The first-order chi connectivity index (χ1) is 15.3. The Morgan fingerprint density at radius 1 is 1.31 bits per heavy atom. The van der Waals surface area contributed by atoms with E-state index in [-0.39, 0.29) is 11.9 Å². The van der Waals surface area contributed by atoms with Crippen LogP contribution in [-0.4, -0.2) is 64.1 Å². The number of rotatable bonds is 5. The van der Waals surface area contributed by atoms with Gasteiger partial charge in [-0.15, -0.1) is 0 Å². The number of piperidine rings is 1. The predicted octanol–water partition coefficient (Wildman–Crippen LogP) is 2.78. The van der Waals surface area contributed by atoms with Crippen LogP contribution in [0.5, 0.6) is 0 Å². The number of hydrogen-bond acceptors (Lipinski definition) is 6. The number of carbonyl (C=O) groups is 2. The highest BCUT2D eigenvalue weighted by atomic mass is 35.5. The number of nitrogens with zero attached hydrogens (tertiary/aromatic N) is 3. The van der Waals surface area contributed by atoms with Crippen molar-refractivity contribution >= 4 is 29.3 Å². The third kappa shape index (κ3) is 4.63. The zero-order valence-corrected chi connectivity index (χ0v) is 19.1. The number of hydrazone groups is 1. The summed E-state index contributed by atoms with van der Waals surface area (Å²) in [6.45, 7) is 7.89. The van der Waals surface area contributed by atoms with E-state index < -0.39 is 11.7 Å². The number of H-pyrrole nitrogens is 1. The number of aryl methyl sites for hydroxylation is 2. The van der Waals surface area contributed by atoms with Crippen LogP contribution in [-0.2, 0) is 4.74 Å². The summed E-state index contributed by atoms with van der Waals surface area (Å²) in [7, 11) is 0. The number of likely N-dealkylation sites (tertiary alicyclic amines) is 1. The van der Waals surface area contributed by atoms with Crippen molar-refractivity contribution in [2.24, 2.45) is 5.10 Å². The first-order valence-electron chi connectivity index (χ1n) is 10.6. The highest BCUT2D eigenvalue weighted by molar-refractivity contribution is 6.30. The number of amides is 2. The van der Waals surface area contributed by atoms with Crippen LogP contribution in [0.25, 0.3) is 0 Å². The lowest BCUT2D eigenvalue weighted by molar-refractivity contribution is 0.00485. The molecule has 170 valence electrons. The summed E-state index contributed by atoms with van der Waals surface area (Å²) >= 11 is 6.12. The summed E-state index contributed by atoms with van der Waals surface area (Å²) in [6, 6.07) is 7.27. The molecule has 1 aromatic carbocycles. The molecule has 0 unspecified atom stereocenters. The van der Waals surface area contributed by atoms with Gasteiger partial charge in [-0.3, -0.25) is 9.89 Å². The molecule has 0 aliphatic carbocycles. The van der Waals surface area contributed by atoms with Gasteiger partial charge < -0.3 is 15.0 Å². The smallest absolute Gasteiger partial charge is 0.428 e. The molecule has 1 saturated heterocycles. The summed E-state index contributed by atoms with van der Waals surface area (Å²) in [5, 5.41) is 14.8. The maximum Gasteiger partial charge on any atom is 0.428 e. The normalized spacial score (nSPS) is 19.1. The second-order valence-corrected chi connectivity index (χ2v) is 8.96. The minimum Gasteiger partial charge on any atom is -0.435 e. The third-order valence-corrected chi connectivity index (χ3v) is 6.17. The summed E-state index contributed by atoms with van der Waals surface area (Å²) in [4.78, 5) is 26.6. The van der Waals surface area contributed by atoms with Crippen molar-refractivity contribution in [1.82, 2.24) is 25.8 Å². The van der Waals surface area contributed by atoms with Gasteiger partial charge in [0.2, 0.25) is 0 Å². The predicted molar refractivity (Wildman–Crippen MR) is 121 cm³/mol. The molecule has 2 aromatic rings. The number of benzene rings is 1. The molecular weight excluding hydrogens is 432 g/mol. The van der Waals surface area contributed by atoms with Crippen LogP contribution in [0.3, 0.4) is 0 Å². The summed E-state index contributed by atoms with van der Waals surface area (Å²) in [5.41, 5.74) is 5.51. The molecule has 1 fully saturated rings. The second-order valence-electron chi connectivity index (χ2n) is 8.53. The maximum absolute atomic E-state index is 12.3. The molecular formula is C22H27ClN6O3. The van der Waals surface area contributed by atoms with E-state index in [4.69, 9.17) is 16.3 Å². The fourth-order valence-electron chi connectivity index (χ4n) is 4.35. The molecule has 2 aliphatic rings. The highest BCUT2D eigenvalue weighted by Gasteiger charge is 2.46. The van der Waals surface area contributed by atoms with Crippen LogP contribution < -0.4 is 10.7 Å². The van der Waals surface area contributed by atoms with E-state index >= 15 is 0 Å². The monoisotopic (exact) mass is 458 g/mol. The quantitative estimate of drug-likeness (QED) is 0.637. The number of halogens is 1. The molecule has 2 amide bonds. The molecule has 0 radical (unpaired) electrons. The molecule has 32 heavy (non-hydrogen) atoms. The van der Waals surface area contributed by atoms with Crippen LogP contribution in [0, 0.1) is 13.8 Å². The minimum atomic E-state index is -0.781. The van der Waals surface area contributed by atoms with Crippen LogP contribution in [0.15, 0.2) is 29.4 Å². The maximum atomic E-state index is 12.3. The van der Waals surface area contributed by atoms with E-state index in [1.54, 1.807) is 6.07 Å². The number of aromatic nitrogens is 2. The first kappa shape index (κ1) is 22.3. The molecule has 0 bridgehead atoms. The SMILES string of the molecule is Cc1cc(C(=O)N[C@@H](C)CN2CCC3(CC2)OC(=O)NN=C3c2ccc(Cl)cc2C)n[nH]1. The molecule has 3 heterocycles. The fraction of sp³-hybridized carbons (Fsp3) is 0.455. The Hall–Kier alpha value is -2.91. The molecule has 10 heteroatoms. The fourth-order valence-corrected chi connectivity index (χ4v) is 4.58. The van der Waals surface area contributed by atoms with E-state index in [0.717, 1.165) is 22.5 Å². The lowest BCUT2D eigenvalue weighted by Crippen LogP contribution is -2.57. The Labute approximate surface area is 191 Å². The average molecular weight is 459 g/mol. The summed E-state index contributed by atoms with van der Waals surface area (Å²) < 4.78 is 5.82. The van der Waals surface area contributed by atoms with Crippen molar-refractivity contribution in [3.05, 3.63) is 51.8 Å². The average Bonchev–Trinajstić information content (AvgIpc) is 3.17. The van der Waals surface area contributed by atoms with Gasteiger partial charge in [-0.05, 0) is 44.5 Å². The van der Waals surface area contributed by atoms with E-state index in [1.165, 1.54) is 0 Å². The van der Waals surface area contributed by atoms with Gasteiger partial charge >= 0.3 is 6.09 Å². The molecule has 1 spiro atoms. The van der Waals surface area contributed by atoms with Gasteiger partial charge in [0, 0.05) is 54.8 Å². The molecule has 0 saturated carbocycles. The highest BCUT2D eigenvalue weighted by Crippen LogP contribution is 2.34. The van der Waals surface area contributed by atoms with Crippen molar-refractivity contribution in [1.29, 1.82) is 0 Å². The van der Waals surface area contributed by atoms with Crippen molar-refractivity contribution in [3.63, 3.8) is 0 Å². The lowest BCUT2D eigenvalue weighted by atomic mass is 9.81. The third-order valence-electron chi connectivity index (χ3n) is 5.93. The Morgan fingerprint density at radius 2 is 2.06 bits per heavy atom. The molecule has 3 N–H and O–H groups in total.